The van der Waals surface area contributed by atoms with E-state index in [0.717, 1.165) is 17.1 Å². The van der Waals surface area contributed by atoms with E-state index in [9.17, 15) is 0 Å². The van der Waals surface area contributed by atoms with Crippen LogP contribution in [0.15, 0.2) is 18.5 Å². The molecule has 1 heterocycles. The summed E-state index contributed by atoms with van der Waals surface area (Å²) in [6.07, 6.45) is 3.43. The number of pyridine rings is 1. The molecule has 0 saturated heterocycles. The van der Waals surface area contributed by atoms with Crippen LogP contribution in [0.5, 0.6) is 0 Å². The van der Waals surface area contributed by atoms with Crippen molar-refractivity contribution in [1.82, 2.24) is 10.3 Å². The first kappa shape index (κ1) is 9.49. The van der Waals surface area contributed by atoms with Crippen molar-refractivity contribution < 1.29 is 0 Å². The lowest BCUT2D eigenvalue weighted by Gasteiger charge is -2.13. The van der Waals surface area contributed by atoms with Crippen molar-refractivity contribution in [3.8, 4) is 0 Å². The Balaban J connectivity index is 2.79. The second kappa shape index (κ2) is 4.43. The van der Waals surface area contributed by atoms with Gasteiger partial charge in [0.2, 0.25) is 0 Å². The van der Waals surface area contributed by atoms with Gasteiger partial charge in [0.25, 0.3) is 0 Å². The molecule has 66 valence electrons. The lowest BCUT2D eigenvalue weighted by Crippen LogP contribution is -2.17. The fourth-order valence-electron chi connectivity index (χ4n) is 1.15. The van der Waals surface area contributed by atoms with E-state index in [1.165, 1.54) is 0 Å². The number of hydrogen-bond acceptors (Lipinski definition) is 2. The minimum atomic E-state index is 0.297. The van der Waals surface area contributed by atoms with E-state index < -0.39 is 0 Å². The Morgan fingerprint density at radius 3 is 3.00 bits per heavy atom. The van der Waals surface area contributed by atoms with Gasteiger partial charge in [-0.1, -0.05) is 18.5 Å². The molecule has 3 heteroatoms. The van der Waals surface area contributed by atoms with Gasteiger partial charge in [-0.05, 0) is 25.1 Å². The molecule has 0 radical (unpaired) electrons. The molecule has 1 unspecified atom stereocenters. The quantitative estimate of drug-likeness (QED) is 0.781. The Morgan fingerprint density at radius 1 is 1.67 bits per heavy atom. The zero-order chi connectivity index (χ0) is 8.97. The molecule has 0 amide bonds. The van der Waals surface area contributed by atoms with Crippen LogP contribution in [0.1, 0.15) is 25.5 Å². The van der Waals surface area contributed by atoms with E-state index in [-0.39, 0.29) is 0 Å². The van der Waals surface area contributed by atoms with Crippen molar-refractivity contribution in [2.45, 2.75) is 19.9 Å². The van der Waals surface area contributed by atoms with Gasteiger partial charge in [-0.2, -0.15) is 0 Å². The van der Waals surface area contributed by atoms with Gasteiger partial charge in [0.1, 0.15) is 0 Å². The summed E-state index contributed by atoms with van der Waals surface area (Å²) in [5.41, 5.74) is 1.11. The molecule has 0 aliphatic carbocycles. The highest BCUT2D eigenvalue weighted by molar-refractivity contribution is 6.31. The van der Waals surface area contributed by atoms with Crippen molar-refractivity contribution >= 4 is 11.6 Å². The predicted octanol–water partition coefficient (Wildman–Crippen LogP) is 2.41. The largest absolute Gasteiger partial charge is 0.310 e. The summed E-state index contributed by atoms with van der Waals surface area (Å²) < 4.78 is 0. The summed E-state index contributed by atoms with van der Waals surface area (Å²) in [5, 5.41) is 4.02. The number of rotatable bonds is 3. The SMILES string of the molecule is CCNC(C)c1ccncc1Cl. The van der Waals surface area contributed by atoms with E-state index in [1.54, 1.807) is 12.4 Å². The first-order chi connectivity index (χ1) is 5.75. The van der Waals surface area contributed by atoms with Gasteiger partial charge in [-0.3, -0.25) is 4.98 Å². The summed E-state index contributed by atoms with van der Waals surface area (Å²) in [6, 6.07) is 2.24. The van der Waals surface area contributed by atoms with Gasteiger partial charge in [0, 0.05) is 18.4 Å². The van der Waals surface area contributed by atoms with E-state index in [1.807, 2.05) is 6.07 Å². The van der Waals surface area contributed by atoms with Crippen LogP contribution >= 0.6 is 11.6 Å². The monoisotopic (exact) mass is 184 g/mol. The zero-order valence-corrected chi connectivity index (χ0v) is 8.10. The molecule has 0 fully saturated rings. The van der Waals surface area contributed by atoms with E-state index >= 15 is 0 Å². The van der Waals surface area contributed by atoms with Gasteiger partial charge in [-0.15, -0.1) is 0 Å². The average molecular weight is 185 g/mol. The normalized spacial score (nSPS) is 12.9. The summed E-state index contributed by atoms with van der Waals surface area (Å²) >= 11 is 5.95. The van der Waals surface area contributed by atoms with Gasteiger partial charge in [-0.25, -0.2) is 0 Å². The van der Waals surface area contributed by atoms with Crippen molar-refractivity contribution in [1.29, 1.82) is 0 Å². The van der Waals surface area contributed by atoms with Crippen LogP contribution in [-0.4, -0.2) is 11.5 Å². The van der Waals surface area contributed by atoms with E-state index in [4.69, 9.17) is 11.6 Å². The Bertz CT molecular complexity index is 250. The molecule has 1 N–H and O–H groups in total. The van der Waals surface area contributed by atoms with Crippen LogP contribution in [0.4, 0.5) is 0 Å². The van der Waals surface area contributed by atoms with Crippen LogP contribution in [0, 0.1) is 0 Å². The average Bonchev–Trinajstić information content (AvgIpc) is 2.05. The van der Waals surface area contributed by atoms with Crippen molar-refractivity contribution in [3.05, 3.63) is 29.0 Å². The van der Waals surface area contributed by atoms with Gasteiger partial charge >= 0.3 is 0 Å². The van der Waals surface area contributed by atoms with Gasteiger partial charge in [0.05, 0.1) is 5.02 Å². The highest BCUT2D eigenvalue weighted by Gasteiger charge is 2.06. The molecule has 0 aromatic carbocycles. The van der Waals surface area contributed by atoms with Crippen molar-refractivity contribution in [3.63, 3.8) is 0 Å². The fraction of sp³-hybridized carbons (Fsp3) is 0.444. The maximum atomic E-state index is 5.95. The van der Waals surface area contributed by atoms with Crippen LogP contribution < -0.4 is 5.32 Å². The van der Waals surface area contributed by atoms with Gasteiger partial charge < -0.3 is 5.32 Å². The Labute approximate surface area is 78.0 Å². The van der Waals surface area contributed by atoms with Crippen LogP contribution in [-0.2, 0) is 0 Å². The minimum Gasteiger partial charge on any atom is -0.310 e. The topological polar surface area (TPSA) is 24.9 Å². The molecular formula is C9H13ClN2. The highest BCUT2D eigenvalue weighted by atomic mass is 35.5. The van der Waals surface area contributed by atoms with E-state index in [2.05, 4.69) is 24.1 Å². The molecule has 1 atom stereocenters. The molecule has 2 nitrogen and oxygen atoms in total. The van der Waals surface area contributed by atoms with E-state index in [0.29, 0.717) is 6.04 Å². The fourth-order valence-corrected chi connectivity index (χ4v) is 1.44. The van der Waals surface area contributed by atoms with Crippen LogP contribution in [0.3, 0.4) is 0 Å². The third kappa shape index (κ3) is 2.19. The summed E-state index contributed by atoms with van der Waals surface area (Å²) in [4.78, 5) is 3.93. The van der Waals surface area contributed by atoms with Crippen LogP contribution in [0.25, 0.3) is 0 Å². The molecule has 0 aliphatic rings. The number of hydrogen-bond donors (Lipinski definition) is 1. The molecule has 1 aromatic rings. The van der Waals surface area contributed by atoms with Crippen molar-refractivity contribution in [2.75, 3.05) is 6.54 Å². The standard InChI is InChI=1S/C9H13ClN2/c1-3-12-7(2)8-4-5-11-6-9(8)10/h4-7,12H,3H2,1-2H3. The number of halogens is 1. The molecule has 0 spiro atoms. The Hall–Kier alpha value is -0.600. The number of nitrogens with one attached hydrogen (secondary N) is 1. The Kier molecular flexibility index (Phi) is 3.50. The third-order valence-electron chi connectivity index (χ3n) is 1.78. The zero-order valence-electron chi connectivity index (χ0n) is 7.34. The highest BCUT2D eigenvalue weighted by Crippen LogP contribution is 2.20. The lowest BCUT2D eigenvalue weighted by molar-refractivity contribution is 0.597. The number of nitrogens with zero attached hydrogens (tertiary/aromatic N) is 1. The third-order valence-corrected chi connectivity index (χ3v) is 2.10. The predicted molar refractivity (Wildman–Crippen MR) is 51.3 cm³/mol. The first-order valence-corrected chi connectivity index (χ1v) is 4.46. The molecule has 0 saturated carbocycles. The smallest absolute Gasteiger partial charge is 0.0636 e. The second-order valence-electron chi connectivity index (χ2n) is 2.68. The maximum Gasteiger partial charge on any atom is 0.0636 e. The molecule has 0 bridgehead atoms. The molecule has 0 aliphatic heterocycles. The minimum absolute atomic E-state index is 0.297. The second-order valence-corrected chi connectivity index (χ2v) is 3.08. The molecule has 1 aromatic heterocycles. The summed E-state index contributed by atoms with van der Waals surface area (Å²) in [7, 11) is 0. The molecular weight excluding hydrogens is 172 g/mol. The van der Waals surface area contributed by atoms with Crippen molar-refractivity contribution in [2.24, 2.45) is 0 Å². The number of aromatic nitrogens is 1. The summed E-state index contributed by atoms with van der Waals surface area (Å²) in [5.74, 6) is 0. The van der Waals surface area contributed by atoms with Crippen LogP contribution in [0.2, 0.25) is 5.02 Å². The molecule has 1 rings (SSSR count). The lowest BCUT2D eigenvalue weighted by atomic mass is 10.1. The Morgan fingerprint density at radius 2 is 2.42 bits per heavy atom. The maximum absolute atomic E-state index is 5.95. The summed E-state index contributed by atoms with van der Waals surface area (Å²) in [6.45, 7) is 5.11. The van der Waals surface area contributed by atoms with Gasteiger partial charge in [0.15, 0.2) is 0 Å². The molecule has 12 heavy (non-hydrogen) atoms. The first-order valence-electron chi connectivity index (χ1n) is 4.08.